The fourth-order valence-corrected chi connectivity index (χ4v) is 4.69. The van der Waals surface area contributed by atoms with Gasteiger partial charge in [-0.1, -0.05) is 12.1 Å². The maximum absolute atomic E-state index is 12.5. The molecular formula is C23H28Cl2N4O2. The highest BCUT2D eigenvalue weighted by molar-refractivity contribution is 5.91. The van der Waals surface area contributed by atoms with Gasteiger partial charge in [0.05, 0.1) is 5.69 Å². The molecule has 2 fully saturated rings. The van der Waals surface area contributed by atoms with Crippen molar-refractivity contribution in [2.75, 3.05) is 5.32 Å². The summed E-state index contributed by atoms with van der Waals surface area (Å²) < 4.78 is 7.87. The summed E-state index contributed by atoms with van der Waals surface area (Å²) in [5, 5.41) is 6.67. The van der Waals surface area contributed by atoms with Crippen LogP contribution >= 0.6 is 24.8 Å². The van der Waals surface area contributed by atoms with Gasteiger partial charge in [0.15, 0.2) is 0 Å². The number of halogens is 2. The minimum absolute atomic E-state index is 0. The molecule has 2 aliphatic heterocycles. The molecule has 2 aliphatic rings. The van der Waals surface area contributed by atoms with Crippen molar-refractivity contribution in [3.63, 3.8) is 0 Å². The van der Waals surface area contributed by atoms with Gasteiger partial charge in [-0.2, -0.15) is 0 Å². The largest absolute Gasteiger partial charge is 0.487 e. The van der Waals surface area contributed by atoms with Crippen LogP contribution in [-0.2, 0) is 11.4 Å². The van der Waals surface area contributed by atoms with Gasteiger partial charge in [0.25, 0.3) is 0 Å². The minimum atomic E-state index is 0. The number of rotatable bonds is 6. The van der Waals surface area contributed by atoms with Crippen molar-refractivity contribution in [1.29, 1.82) is 0 Å². The molecule has 5 rings (SSSR count). The monoisotopic (exact) mass is 462 g/mol. The van der Waals surface area contributed by atoms with Gasteiger partial charge >= 0.3 is 0 Å². The van der Waals surface area contributed by atoms with Gasteiger partial charge in [-0.25, -0.2) is 4.98 Å². The van der Waals surface area contributed by atoms with Crippen molar-refractivity contribution >= 4 is 42.1 Å². The van der Waals surface area contributed by atoms with E-state index in [1.807, 2.05) is 59.3 Å². The number of piperidine rings is 1. The van der Waals surface area contributed by atoms with Crippen LogP contribution in [0, 0.1) is 5.92 Å². The Bertz CT molecular complexity index is 980. The van der Waals surface area contributed by atoms with Gasteiger partial charge in [-0.15, -0.1) is 24.8 Å². The summed E-state index contributed by atoms with van der Waals surface area (Å²) in [5.41, 5.74) is 2.55. The van der Waals surface area contributed by atoms with Gasteiger partial charge in [0.2, 0.25) is 5.91 Å². The summed E-state index contributed by atoms with van der Waals surface area (Å²) in [5.74, 6) is 1.30. The van der Waals surface area contributed by atoms with E-state index in [-0.39, 0.29) is 30.7 Å². The summed E-state index contributed by atoms with van der Waals surface area (Å²) in [6.07, 6.45) is 9.28. The number of carbonyl (C=O) groups excluding carboxylic acids is 1. The van der Waals surface area contributed by atoms with E-state index in [2.05, 4.69) is 15.6 Å². The van der Waals surface area contributed by atoms with Gasteiger partial charge in [0.1, 0.15) is 18.0 Å². The van der Waals surface area contributed by atoms with Crippen LogP contribution in [0.2, 0.25) is 0 Å². The predicted molar refractivity (Wildman–Crippen MR) is 126 cm³/mol. The number of amides is 1. The van der Waals surface area contributed by atoms with Crippen molar-refractivity contribution in [2.24, 2.45) is 5.92 Å². The first-order valence-corrected chi connectivity index (χ1v) is 10.4. The Morgan fingerprint density at radius 2 is 1.94 bits per heavy atom. The number of carbonyl (C=O) groups is 1. The molecule has 4 heterocycles. The highest BCUT2D eigenvalue weighted by atomic mass is 35.5. The lowest BCUT2D eigenvalue weighted by Crippen LogP contribution is -2.39. The van der Waals surface area contributed by atoms with E-state index in [0.717, 1.165) is 35.6 Å². The Balaban J connectivity index is 0.00000136. The molecule has 166 valence electrons. The standard InChI is InChI=1S/C23H26N4O2.2ClH/c28-23(12-16-10-18-7-8-19(11-16)24-18)26-17-4-3-5-21(13-17)29-15-20-14-27-9-2-1-6-22(27)25-20;;/h1-6,9,13-14,16,18-19,24H,7-8,10-12,15H2,(H,26,28);2*1H. The number of aromatic nitrogens is 2. The van der Waals surface area contributed by atoms with Crippen molar-refractivity contribution in [3.8, 4) is 5.75 Å². The summed E-state index contributed by atoms with van der Waals surface area (Å²) in [6.45, 7) is 0.386. The van der Waals surface area contributed by atoms with Gasteiger partial charge in [-0.3, -0.25) is 4.79 Å². The lowest BCUT2D eigenvalue weighted by molar-refractivity contribution is -0.117. The van der Waals surface area contributed by atoms with Crippen LogP contribution < -0.4 is 15.4 Å². The third kappa shape index (κ3) is 5.70. The second kappa shape index (κ2) is 10.4. The van der Waals surface area contributed by atoms with Crippen LogP contribution in [0.5, 0.6) is 5.75 Å². The molecule has 0 saturated carbocycles. The molecule has 2 saturated heterocycles. The van der Waals surface area contributed by atoms with Crippen LogP contribution in [0.1, 0.15) is 37.8 Å². The first-order chi connectivity index (χ1) is 14.2. The van der Waals surface area contributed by atoms with E-state index in [1.54, 1.807) is 0 Å². The summed E-state index contributed by atoms with van der Waals surface area (Å²) in [7, 11) is 0. The fourth-order valence-electron chi connectivity index (χ4n) is 4.69. The van der Waals surface area contributed by atoms with Gasteiger partial charge < -0.3 is 19.8 Å². The maximum Gasteiger partial charge on any atom is 0.224 e. The molecule has 0 radical (unpaired) electrons. The summed E-state index contributed by atoms with van der Waals surface area (Å²) in [6, 6.07) is 14.7. The zero-order chi connectivity index (χ0) is 19.6. The fraction of sp³-hybridized carbons (Fsp3) is 0.391. The lowest BCUT2D eigenvalue weighted by atomic mass is 9.89. The SMILES string of the molecule is Cl.Cl.O=C(CC1CC2CCC(C1)N2)Nc1cccc(OCc2cn3ccccc3n2)c1. The van der Waals surface area contributed by atoms with Crippen LogP contribution in [-0.4, -0.2) is 27.4 Å². The number of nitrogens with one attached hydrogen (secondary N) is 2. The van der Waals surface area contributed by atoms with Gasteiger partial charge in [-0.05, 0) is 55.9 Å². The minimum Gasteiger partial charge on any atom is -0.487 e. The van der Waals surface area contributed by atoms with E-state index in [9.17, 15) is 4.79 Å². The highest BCUT2D eigenvalue weighted by Crippen LogP contribution is 2.33. The van der Waals surface area contributed by atoms with E-state index < -0.39 is 0 Å². The third-order valence-electron chi connectivity index (χ3n) is 5.96. The smallest absolute Gasteiger partial charge is 0.224 e. The van der Waals surface area contributed by atoms with Crippen LogP contribution in [0.15, 0.2) is 54.9 Å². The Morgan fingerprint density at radius 1 is 1.13 bits per heavy atom. The number of nitrogens with zero attached hydrogens (tertiary/aromatic N) is 2. The molecular weight excluding hydrogens is 435 g/mol. The number of hydrogen-bond acceptors (Lipinski definition) is 4. The summed E-state index contributed by atoms with van der Waals surface area (Å²) in [4.78, 5) is 17.1. The van der Waals surface area contributed by atoms with Crippen LogP contribution in [0.3, 0.4) is 0 Å². The van der Waals surface area contributed by atoms with Crippen molar-refractivity contribution in [1.82, 2.24) is 14.7 Å². The number of hydrogen-bond donors (Lipinski definition) is 2. The van der Waals surface area contributed by atoms with E-state index in [4.69, 9.17) is 4.74 Å². The molecule has 3 aromatic rings. The van der Waals surface area contributed by atoms with E-state index >= 15 is 0 Å². The molecule has 0 aliphatic carbocycles. The first-order valence-electron chi connectivity index (χ1n) is 10.4. The Kier molecular flexibility index (Phi) is 7.81. The number of fused-ring (bicyclic) bond motifs is 3. The molecule has 2 aromatic heterocycles. The van der Waals surface area contributed by atoms with E-state index in [0.29, 0.717) is 31.0 Å². The second-order valence-corrected chi connectivity index (χ2v) is 8.24. The van der Waals surface area contributed by atoms with Crippen LogP contribution in [0.4, 0.5) is 5.69 Å². The zero-order valence-electron chi connectivity index (χ0n) is 17.2. The Labute approximate surface area is 194 Å². The van der Waals surface area contributed by atoms with Crippen molar-refractivity contribution in [3.05, 3.63) is 60.6 Å². The predicted octanol–water partition coefficient (Wildman–Crippen LogP) is 4.62. The molecule has 2 bridgehead atoms. The van der Waals surface area contributed by atoms with Crippen molar-refractivity contribution in [2.45, 2.75) is 50.8 Å². The average Bonchev–Trinajstić information content (AvgIpc) is 3.28. The van der Waals surface area contributed by atoms with Crippen LogP contribution in [0.25, 0.3) is 5.65 Å². The quantitative estimate of drug-likeness (QED) is 0.560. The molecule has 1 aromatic carbocycles. The van der Waals surface area contributed by atoms with Crippen molar-refractivity contribution < 1.29 is 9.53 Å². The number of anilines is 1. The highest BCUT2D eigenvalue weighted by Gasteiger charge is 2.34. The molecule has 1 amide bonds. The Hall–Kier alpha value is -2.28. The molecule has 31 heavy (non-hydrogen) atoms. The van der Waals surface area contributed by atoms with Gasteiger partial charge in [0, 0.05) is 42.7 Å². The second-order valence-electron chi connectivity index (χ2n) is 8.24. The molecule has 8 heteroatoms. The third-order valence-corrected chi connectivity index (χ3v) is 5.96. The number of imidazole rings is 1. The number of benzene rings is 1. The molecule has 2 unspecified atom stereocenters. The normalized spacial score (nSPS) is 21.7. The molecule has 6 nitrogen and oxygen atoms in total. The zero-order valence-corrected chi connectivity index (χ0v) is 18.8. The first kappa shape index (κ1) is 23.4. The Morgan fingerprint density at radius 3 is 2.71 bits per heavy atom. The van der Waals surface area contributed by atoms with E-state index in [1.165, 1.54) is 12.8 Å². The molecule has 2 N–H and O–H groups in total. The number of pyridine rings is 1. The molecule has 0 spiro atoms. The average molecular weight is 463 g/mol. The topological polar surface area (TPSA) is 67.7 Å². The summed E-state index contributed by atoms with van der Waals surface area (Å²) >= 11 is 0. The lowest BCUT2D eigenvalue weighted by Gasteiger charge is -2.28. The molecule has 2 atom stereocenters. The maximum atomic E-state index is 12.5. The number of ether oxygens (including phenoxy) is 1.